The predicted octanol–water partition coefficient (Wildman–Crippen LogP) is 3.24. The number of morpholine rings is 1. The van der Waals surface area contributed by atoms with E-state index in [0.717, 1.165) is 53.8 Å². The number of hydrogen-bond donors (Lipinski definition) is 2. The number of amides is 1. The maximum atomic E-state index is 11.8. The number of carbonyl (C=O) groups excluding carboxylic acids is 1. The highest BCUT2D eigenvalue weighted by Crippen LogP contribution is 2.34. The van der Waals surface area contributed by atoms with E-state index in [1.54, 1.807) is 30.5 Å². The van der Waals surface area contributed by atoms with Crippen LogP contribution in [0.15, 0.2) is 24.3 Å². The Kier molecular flexibility index (Phi) is 5.75. The molecule has 3 heterocycles. The highest BCUT2D eigenvalue weighted by molar-refractivity contribution is 7.18. The van der Waals surface area contributed by atoms with Crippen LogP contribution in [0.25, 0.3) is 10.2 Å². The van der Waals surface area contributed by atoms with Gasteiger partial charge in [-0.3, -0.25) is 9.69 Å². The molecular formula is C21H25N5O2S. The minimum absolute atomic E-state index is 0.0990. The van der Waals surface area contributed by atoms with Crippen molar-refractivity contribution in [3.63, 3.8) is 0 Å². The summed E-state index contributed by atoms with van der Waals surface area (Å²) in [4.78, 5) is 26.0. The third-order valence-electron chi connectivity index (χ3n) is 5.18. The first-order chi connectivity index (χ1) is 14.0. The fraction of sp³-hybridized carbons (Fsp3) is 0.381. The van der Waals surface area contributed by atoms with Crippen molar-refractivity contribution in [2.45, 2.75) is 20.4 Å². The fourth-order valence-corrected chi connectivity index (χ4v) is 4.45. The highest BCUT2D eigenvalue weighted by Gasteiger charge is 2.18. The van der Waals surface area contributed by atoms with E-state index < -0.39 is 0 Å². The molecule has 1 saturated heterocycles. The first-order valence-electron chi connectivity index (χ1n) is 9.71. The molecule has 1 amide bonds. The van der Waals surface area contributed by atoms with Crippen LogP contribution in [0.5, 0.6) is 0 Å². The van der Waals surface area contributed by atoms with Crippen LogP contribution in [-0.2, 0) is 11.3 Å². The van der Waals surface area contributed by atoms with Crippen molar-refractivity contribution in [3.05, 3.63) is 46.1 Å². The number of thiophene rings is 1. The number of nitrogens with zero attached hydrogens (tertiary/aromatic N) is 3. The monoisotopic (exact) mass is 411 g/mol. The number of carbonyl (C=O) groups is 1. The predicted molar refractivity (Wildman–Crippen MR) is 116 cm³/mol. The van der Waals surface area contributed by atoms with Gasteiger partial charge in [0.2, 0.25) is 0 Å². The number of nitrogens with one attached hydrogen (secondary N) is 2. The zero-order valence-electron chi connectivity index (χ0n) is 16.9. The van der Waals surface area contributed by atoms with Crippen LogP contribution >= 0.6 is 11.3 Å². The Hall–Kier alpha value is -2.55. The normalized spacial score (nSPS) is 14.9. The van der Waals surface area contributed by atoms with Gasteiger partial charge in [-0.2, -0.15) is 0 Å². The van der Waals surface area contributed by atoms with Gasteiger partial charge in [-0.15, -0.1) is 11.3 Å². The molecule has 1 aliphatic rings. The Balaban J connectivity index is 1.66. The van der Waals surface area contributed by atoms with Crippen molar-refractivity contribution in [1.82, 2.24) is 20.2 Å². The number of fused-ring (bicyclic) bond motifs is 1. The molecule has 0 aliphatic carbocycles. The summed E-state index contributed by atoms with van der Waals surface area (Å²) < 4.78 is 5.44. The van der Waals surface area contributed by atoms with Crippen LogP contribution in [0.4, 0.5) is 11.5 Å². The molecule has 1 fully saturated rings. The fourth-order valence-electron chi connectivity index (χ4n) is 3.40. The van der Waals surface area contributed by atoms with Crippen LogP contribution < -0.4 is 10.6 Å². The SMILES string of the molecule is CNC(=O)c1ccc(Nc2nc(CN3CCOCC3)nc3sc(C)c(C)c23)cc1. The Morgan fingerprint density at radius 3 is 2.59 bits per heavy atom. The Bertz CT molecular complexity index is 1030. The lowest BCUT2D eigenvalue weighted by molar-refractivity contribution is 0.0331. The average molecular weight is 412 g/mol. The van der Waals surface area contributed by atoms with E-state index in [9.17, 15) is 4.79 Å². The second kappa shape index (κ2) is 8.44. The van der Waals surface area contributed by atoms with E-state index in [-0.39, 0.29) is 5.91 Å². The van der Waals surface area contributed by atoms with Crippen LogP contribution in [0.3, 0.4) is 0 Å². The van der Waals surface area contributed by atoms with Crippen molar-refractivity contribution >= 4 is 39.0 Å². The Labute approximate surface area is 174 Å². The molecule has 1 aliphatic heterocycles. The van der Waals surface area contributed by atoms with Crippen LogP contribution in [-0.4, -0.2) is 54.1 Å². The summed E-state index contributed by atoms with van der Waals surface area (Å²) in [6.07, 6.45) is 0. The summed E-state index contributed by atoms with van der Waals surface area (Å²) in [5, 5.41) is 7.15. The van der Waals surface area contributed by atoms with E-state index in [4.69, 9.17) is 14.7 Å². The van der Waals surface area contributed by atoms with Crippen LogP contribution in [0.2, 0.25) is 0 Å². The molecule has 2 N–H and O–H groups in total. The van der Waals surface area contributed by atoms with Crippen molar-refractivity contribution < 1.29 is 9.53 Å². The maximum absolute atomic E-state index is 11.8. The Morgan fingerprint density at radius 1 is 1.17 bits per heavy atom. The number of benzene rings is 1. The van der Waals surface area contributed by atoms with Crippen molar-refractivity contribution in [3.8, 4) is 0 Å². The van der Waals surface area contributed by atoms with Gasteiger partial charge in [0.25, 0.3) is 5.91 Å². The van der Waals surface area contributed by atoms with Crippen LogP contribution in [0.1, 0.15) is 26.6 Å². The smallest absolute Gasteiger partial charge is 0.251 e. The molecule has 0 radical (unpaired) electrons. The number of anilines is 2. The van der Waals surface area contributed by atoms with Gasteiger partial charge in [0.1, 0.15) is 16.5 Å². The molecule has 0 spiro atoms. The molecule has 2 aromatic heterocycles. The number of aryl methyl sites for hydroxylation is 2. The molecular weight excluding hydrogens is 386 g/mol. The lowest BCUT2D eigenvalue weighted by Crippen LogP contribution is -2.36. The minimum Gasteiger partial charge on any atom is -0.379 e. The second-order valence-electron chi connectivity index (χ2n) is 7.12. The molecule has 0 bridgehead atoms. The highest BCUT2D eigenvalue weighted by atomic mass is 32.1. The molecule has 0 saturated carbocycles. The summed E-state index contributed by atoms with van der Waals surface area (Å²) in [5.41, 5.74) is 2.71. The van der Waals surface area contributed by atoms with Gasteiger partial charge in [0.05, 0.1) is 25.1 Å². The second-order valence-corrected chi connectivity index (χ2v) is 8.33. The van der Waals surface area contributed by atoms with E-state index in [0.29, 0.717) is 12.1 Å². The van der Waals surface area contributed by atoms with Crippen molar-refractivity contribution in [1.29, 1.82) is 0 Å². The van der Waals surface area contributed by atoms with Gasteiger partial charge in [0, 0.05) is 36.3 Å². The van der Waals surface area contributed by atoms with Gasteiger partial charge in [-0.1, -0.05) is 0 Å². The molecule has 0 atom stereocenters. The third kappa shape index (κ3) is 4.24. The standard InChI is InChI=1S/C21H25N5O2S/c1-13-14(2)29-21-18(13)19(23-16-6-4-15(5-7-16)20(27)22-3)24-17(25-21)12-26-8-10-28-11-9-26/h4-7H,8-12H2,1-3H3,(H,22,27)(H,23,24,25). The molecule has 4 rings (SSSR count). The first-order valence-corrected chi connectivity index (χ1v) is 10.5. The topological polar surface area (TPSA) is 79.4 Å². The zero-order valence-corrected chi connectivity index (χ0v) is 17.7. The van der Waals surface area contributed by atoms with Gasteiger partial charge in [0.15, 0.2) is 0 Å². The quantitative estimate of drug-likeness (QED) is 0.671. The van der Waals surface area contributed by atoms with E-state index in [1.807, 2.05) is 12.1 Å². The van der Waals surface area contributed by atoms with Crippen molar-refractivity contribution in [2.24, 2.45) is 0 Å². The number of ether oxygens (including phenoxy) is 1. The summed E-state index contributed by atoms with van der Waals surface area (Å²) in [6, 6.07) is 7.41. The Morgan fingerprint density at radius 2 is 1.90 bits per heavy atom. The average Bonchev–Trinajstić information content (AvgIpc) is 3.02. The lowest BCUT2D eigenvalue weighted by Gasteiger charge is -2.25. The van der Waals surface area contributed by atoms with Gasteiger partial charge in [-0.05, 0) is 43.7 Å². The number of aromatic nitrogens is 2. The molecule has 8 heteroatoms. The molecule has 0 unspecified atom stereocenters. The zero-order chi connectivity index (χ0) is 20.4. The summed E-state index contributed by atoms with van der Waals surface area (Å²) >= 11 is 1.70. The van der Waals surface area contributed by atoms with Gasteiger partial charge >= 0.3 is 0 Å². The van der Waals surface area contributed by atoms with Crippen LogP contribution in [0, 0.1) is 13.8 Å². The van der Waals surface area contributed by atoms with Gasteiger partial charge < -0.3 is 15.4 Å². The number of rotatable bonds is 5. The third-order valence-corrected chi connectivity index (χ3v) is 6.28. The van der Waals surface area contributed by atoms with Gasteiger partial charge in [-0.25, -0.2) is 9.97 Å². The van der Waals surface area contributed by atoms with E-state index in [1.165, 1.54) is 10.4 Å². The molecule has 29 heavy (non-hydrogen) atoms. The van der Waals surface area contributed by atoms with E-state index >= 15 is 0 Å². The summed E-state index contributed by atoms with van der Waals surface area (Å²) in [5.74, 6) is 1.52. The first kappa shape index (κ1) is 19.8. The molecule has 3 aromatic rings. The van der Waals surface area contributed by atoms with E-state index in [2.05, 4.69) is 29.4 Å². The molecule has 152 valence electrons. The molecule has 1 aromatic carbocycles. The summed E-state index contributed by atoms with van der Waals surface area (Å²) in [7, 11) is 1.63. The lowest BCUT2D eigenvalue weighted by atomic mass is 10.1. The molecule has 7 nitrogen and oxygen atoms in total. The largest absolute Gasteiger partial charge is 0.379 e. The maximum Gasteiger partial charge on any atom is 0.251 e. The summed E-state index contributed by atoms with van der Waals surface area (Å²) in [6.45, 7) is 8.23. The number of hydrogen-bond acceptors (Lipinski definition) is 7. The van der Waals surface area contributed by atoms with Crippen molar-refractivity contribution in [2.75, 3.05) is 38.7 Å². The minimum atomic E-state index is -0.0990.